The van der Waals surface area contributed by atoms with E-state index >= 15 is 0 Å². The average molecular weight is 538 g/mol. The van der Waals surface area contributed by atoms with Gasteiger partial charge in [-0.1, -0.05) is 12.1 Å². The quantitative estimate of drug-likeness (QED) is 0.460. The van der Waals surface area contributed by atoms with Crippen LogP contribution in [0.2, 0.25) is 0 Å². The second kappa shape index (κ2) is 13.1. The fourth-order valence-electron chi connectivity index (χ4n) is 4.83. The molecule has 2 saturated heterocycles. The van der Waals surface area contributed by atoms with Crippen molar-refractivity contribution in [2.24, 2.45) is 0 Å². The van der Waals surface area contributed by atoms with Crippen molar-refractivity contribution < 1.29 is 28.7 Å². The Morgan fingerprint density at radius 3 is 2.41 bits per heavy atom. The van der Waals surface area contributed by atoms with Crippen molar-refractivity contribution in [1.29, 1.82) is 0 Å². The Hall–Kier alpha value is -4.12. The number of hydrogen-bond acceptors (Lipinski definition) is 8. The van der Waals surface area contributed by atoms with Crippen molar-refractivity contribution in [3.05, 3.63) is 54.1 Å². The maximum Gasteiger partial charge on any atom is 0.338 e. The Labute approximate surface area is 228 Å². The molecule has 2 aromatic rings. The highest BCUT2D eigenvalue weighted by atomic mass is 16.5. The molecule has 4 rings (SSSR count). The van der Waals surface area contributed by atoms with Gasteiger partial charge in [0, 0.05) is 45.0 Å². The van der Waals surface area contributed by atoms with Gasteiger partial charge in [0.1, 0.15) is 11.8 Å². The maximum absolute atomic E-state index is 13.3. The molecule has 2 fully saturated rings. The highest BCUT2D eigenvalue weighted by molar-refractivity contribution is 5.98. The van der Waals surface area contributed by atoms with Crippen LogP contribution < -0.4 is 20.3 Å². The van der Waals surface area contributed by atoms with E-state index in [0.29, 0.717) is 37.4 Å². The number of ether oxygens (including phenoxy) is 2. The van der Waals surface area contributed by atoms with Crippen molar-refractivity contribution >= 4 is 35.1 Å². The van der Waals surface area contributed by atoms with Crippen molar-refractivity contribution in [3.8, 4) is 5.75 Å². The first kappa shape index (κ1) is 27.9. The first-order valence-electron chi connectivity index (χ1n) is 13.1. The third-order valence-electron chi connectivity index (χ3n) is 6.87. The van der Waals surface area contributed by atoms with Gasteiger partial charge in [0.15, 0.2) is 0 Å². The summed E-state index contributed by atoms with van der Waals surface area (Å²) in [5.74, 6) is -0.540. The van der Waals surface area contributed by atoms with E-state index in [0.717, 1.165) is 24.5 Å². The Morgan fingerprint density at radius 2 is 1.72 bits per heavy atom. The highest BCUT2D eigenvalue weighted by Crippen LogP contribution is 2.28. The molecular formula is C28H35N5O6. The standard InChI is InChI=1S/C28H35N5O6/c1-3-39-28(37)20-8-10-21(11-9-20)30-25(34)18-23-27(36)29-12-13-33(23)26(35)19-31-14-16-32(17-15-31)22-6-4-5-7-24(22)38-2/h4-11,23H,3,12-19H2,1-2H3,(H,29,36)(H,30,34)/t23-/m1/s1. The van der Waals surface area contributed by atoms with Gasteiger partial charge in [-0.15, -0.1) is 0 Å². The monoisotopic (exact) mass is 537 g/mol. The fourth-order valence-corrected chi connectivity index (χ4v) is 4.83. The molecule has 0 aromatic heterocycles. The summed E-state index contributed by atoms with van der Waals surface area (Å²) in [4.78, 5) is 56.4. The molecule has 0 bridgehead atoms. The number of rotatable bonds is 9. The molecule has 2 aromatic carbocycles. The third-order valence-corrected chi connectivity index (χ3v) is 6.87. The lowest BCUT2D eigenvalue weighted by molar-refractivity contribution is -0.145. The third kappa shape index (κ3) is 7.05. The SMILES string of the molecule is CCOC(=O)c1ccc(NC(=O)C[C@@H]2C(=O)NCCN2C(=O)CN2CCN(c3ccccc3OC)CC2)cc1. The lowest BCUT2D eigenvalue weighted by Crippen LogP contribution is -2.60. The Morgan fingerprint density at radius 1 is 1.00 bits per heavy atom. The predicted molar refractivity (Wildman–Crippen MR) is 146 cm³/mol. The fraction of sp³-hybridized carbons (Fsp3) is 0.429. The van der Waals surface area contributed by atoms with Crippen LogP contribution in [0.4, 0.5) is 11.4 Å². The first-order valence-corrected chi connectivity index (χ1v) is 13.1. The van der Waals surface area contributed by atoms with Crippen molar-refractivity contribution in [1.82, 2.24) is 15.1 Å². The minimum Gasteiger partial charge on any atom is -0.495 e. The number of carbonyl (C=O) groups excluding carboxylic acids is 4. The van der Waals surface area contributed by atoms with Gasteiger partial charge in [-0.2, -0.15) is 0 Å². The van der Waals surface area contributed by atoms with Crippen LogP contribution >= 0.6 is 0 Å². The van der Waals surface area contributed by atoms with Crippen LogP contribution in [0.15, 0.2) is 48.5 Å². The van der Waals surface area contributed by atoms with Gasteiger partial charge in [0.2, 0.25) is 17.7 Å². The lowest BCUT2D eigenvalue weighted by Gasteiger charge is -2.39. The Bertz CT molecular complexity index is 1180. The zero-order valence-electron chi connectivity index (χ0n) is 22.4. The molecule has 2 heterocycles. The van der Waals surface area contributed by atoms with E-state index < -0.39 is 17.9 Å². The number of amides is 3. The summed E-state index contributed by atoms with van der Waals surface area (Å²) in [5.41, 5.74) is 1.89. The summed E-state index contributed by atoms with van der Waals surface area (Å²) in [5, 5.41) is 5.50. The number of para-hydroxylation sites is 2. The summed E-state index contributed by atoms with van der Waals surface area (Å²) in [6, 6.07) is 13.3. The van der Waals surface area contributed by atoms with Gasteiger partial charge < -0.3 is 29.9 Å². The van der Waals surface area contributed by atoms with E-state index in [9.17, 15) is 19.2 Å². The van der Waals surface area contributed by atoms with E-state index in [-0.39, 0.29) is 31.4 Å². The molecule has 0 radical (unpaired) electrons. The van der Waals surface area contributed by atoms with Crippen LogP contribution in [0.5, 0.6) is 5.75 Å². The zero-order chi connectivity index (χ0) is 27.8. The summed E-state index contributed by atoms with van der Waals surface area (Å²) < 4.78 is 10.4. The molecule has 2 N–H and O–H groups in total. The van der Waals surface area contributed by atoms with Gasteiger partial charge in [0.05, 0.1) is 37.9 Å². The number of esters is 1. The number of nitrogens with one attached hydrogen (secondary N) is 2. The molecule has 11 heteroatoms. The van der Waals surface area contributed by atoms with Crippen molar-refractivity contribution in [2.75, 3.05) is 69.7 Å². The number of piperazine rings is 2. The summed E-state index contributed by atoms with van der Waals surface area (Å²) in [6.07, 6.45) is -0.168. The van der Waals surface area contributed by atoms with E-state index in [1.807, 2.05) is 24.3 Å². The van der Waals surface area contributed by atoms with Gasteiger partial charge in [-0.3, -0.25) is 19.3 Å². The van der Waals surface area contributed by atoms with E-state index in [1.54, 1.807) is 38.3 Å². The molecule has 0 spiro atoms. The van der Waals surface area contributed by atoms with Gasteiger partial charge in [-0.25, -0.2) is 4.79 Å². The molecule has 11 nitrogen and oxygen atoms in total. The minimum atomic E-state index is -0.889. The number of nitrogens with zero attached hydrogens (tertiary/aromatic N) is 3. The number of hydrogen-bond donors (Lipinski definition) is 2. The Balaban J connectivity index is 1.31. The number of carbonyl (C=O) groups is 4. The summed E-state index contributed by atoms with van der Waals surface area (Å²) in [6.45, 7) is 5.75. The van der Waals surface area contributed by atoms with Crippen LogP contribution in [0.25, 0.3) is 0 Å². The molecule has 2 aliphatic rings. The summed E-state index contributed by atoms with van der Waals surface area (Å²) in [7, 11) is 1.65. The van der Waals surface area contributed by atoms with Gasteiger partial charge >= 0.3 is 5.97 Å². The smallest absolute Gasteiger partial charge is 0.338 e. The van der Waals surface area contributed by atoms with Crippen molar-refractivity contribution in [3.63, 3.8) is 0 Å². The van der Waals surface area contributed by atoms with Crippen LogP contribution in [-0.2, 0) is 19.1 Å². The Kier molecular flexibility index (Phi) is 9.37. The first-order chi connectivity index (χ1) is 18.9. The van der Waals surface area contributed by atoms with E-state index in [4.69, 9.17) is 9.47 Å². The maximum atomic E-state index is 13.3. The largest absolute Gasteiger partial charge is 0.495 e. The van der Waals surface area contributed by atoms with Crippen LogP contribution in [0.1, 0.15) is 23.7 Å². The molecule has 0 unspecified atom stereocenters. The van der Waals surface area contributed by atoms with E-state index in [1.165, 1.54) is 4.90 Å². The molecule has 208 valence electrons. The molecule has 0 aliphatic carbocycles. The average Bonchev–Trinajstić information content (AvgIpc) is 2.95. The number of benzene rings is 2. The minimum absolute atomic E-state index is 0.168. The van der Waals surface area contributed by atoms with Gasteiger partial charge in [0.25, 0.3) is 0 Å². The predicted octanol–water partition coefficient (Wildman–Crippen LogP) is 1.35. The molecule has 1 atom stereocenters. The summed E-state index contributed by atoms with van der Waals surface area (Å²) >= 11 is 0. The number of methoxy groups -OCH3 is 1. The second-order valence-electron chi connectivity index (χ2n) is 9.38. The molecular weight excluding hydrogens is 502 g/mol. The zero-order valence-corrected chi connectivity index (χ0v) is 22.4. The van der Waals surface area contributed by atoms with Gasteiger partial charge in [-0.05, 0) is 43.3 Å². The van der Waals surface area contributed by atoms with Crippen molar-refractivity contribution in [2.45, 2.75) is 19.4 Å². The van der Waals surface area contributed by atoms with Crippen LogP contribution in [0, 0.1) is 0 Å². The molecule has 0 saturated carbocycles. The molecule has 2 aliphatic heterocycles. The normalized spacial score (nSPS) is 17.8. The lowest BCUT2D eigenvalue weighted by atomic mass is 10.1. The number of anilines is 2. The molecule has 3 amide bonds. The highest BCUT2D eigenvalue weighted by Gasteiger charge is 2.35. The molecule has 39 heavy (non-hydrogen) atoms. The van der Waals surface area contributed by atoms with Crippen LogP contribution in [0.3, 0.4) is 0 Å². The topological polar surface area (TPSA) is 121 Å². The van der Waals surface area contributed by atoms with E-state index in [2.05, 4.69) is 20.4 Å². The second-order valence-corrected chi connectivity index (χ2v) is 9.38. The van der Waals surface area contributed by atoms with Crippen LogP contribution in [-0.4, -0.2) is 99.1 Å².